The number of nitrogens with one attached hydrogen (secondary N) is 1. The number of carbonyl (C=O) groups is 6. The van der Waals surface area contributed by atoms with Gasteiger partial charge in [-0.15, -0.1) is 21.5 Å². The van der Waals surface area contributed by atoms with Crippen molar-refractivity contribution in [3.63, 3.8) is 0 Å². The number of fused-ring (bicyclic) bond motifs is 4. The van der Waals surface area contributed by atoms with Crippen LogP contribution in [0.5, 0.6) is 5.75 Å². The monoisotopic (exact) mass is 920 g/mol. The van der Waals surface area contributed by atoms with Crippen molar-refractivity contribution in [2.24, 2.45) is 15.2 Å². The summed E-state index contributed by atoms with van der Waals surface area (Å²) in [6.45, 7) is 5.75. The number of piperidine rings is 1. The molecule has 6 aromatic rings. The lowest BCUT2D eigenvalue weighted by molar-refractivity contribution is -0.136. The van der Waals surface area contributed by atoms with Gasteiger partial charge < -0.3 is 4.74 Å². The van der Waals surface area contributed by atoms with Gasteiger partial charge in [0.15, 0.2) is 11.6 Å². The Kier molecular flexibility index (Phi) is 12.2. The van der Waals surface area contributed by atoms with Crippen molar-refractivity contribution in [3.05, 3.63) is 151 Å². The molecule has 0 radical (unpaired) electrons. The number of aliphatic imine (C=N–C) groups is 1. The second kappa shape index (κ2) is 18.3. The topological polar surface area (TPSA) is 195 Å². The fourth-order valence-electron chi connectivity index (χ4n) is 8.30. The van der Waals surface area contributed by atoms with Crippen LogP contribution in [0.4, 0.5) is 11.4 Å². The first kappa shape index (κ1) is 43.9. The zero-order valence-electron chi connectivity index (χ0n) is 36.0. The average Bonchev–Trinajstić information content (AvgIpc) is 3.89. The van der Waals surface area contributed by atoms with E-state index >= 15 is 0 Å². The van der Waals surface area contributed by atoms with Crippen molar-refractivity contribution < 1.29 is 33.5 Å². The van der Waals surface area contributed by atoms with E-state index in [4.69, 9.17) is 21.3 Å². The summed E-state index contributed by atoms with van der Waals surface area (Å²) in [4.78, 5) is 84.3. The number of hydrogen-bond acceptors (Lipinski definition) is 13. The van der Waals surface area contributed by atoms with Crippen LogP contribution in [0.15, 0.2) is 106 Å². The molecule has 0 spiro atoms. The quantitative estimate of drug-likeness (QED) is 0.0825. The van der Waals surface area contributed by atoms with Crippen molar-refractivity contribution in [2.75, 3.05) is 6.61 Å². The van der Waals surface area contributed by atoms with E-state index in [1.807, 2.05) is 60.0 Å². The average molecular weight is 921 g/mol. The summed E-state index contributed by atoms with van der Waals surface area (Å²) in [5.74, 6) is -1.33. The molecule has 2 unspecified atom stereocenters. The third kappa shape index (κ3) is 8.76. The number of benzene rings is 4. The summed E-state index contributed by atoms with van der Waals surface area (Å²) in [7, 11) is 0. The van der Waals surface area contributed by atoms with Crippen LogP contribution in [-0.4, -0.2) is 73.2 Å². The Hall–Kier alpha value is -7.30. The number of ether oxygens (including phenoxy) is 1. The molecule has 2 atom stereocenters. The van der Waals surface area contributed by atoms with Crippen LogP contribution in [0.2, 0.25) is 5.02 Å². The minimum Gasteiger partial charge on any atom is -0.485 e. The van der Waals surface area contributed by atoms with E-state index in [-0.39, 0.29) is 60.7 Å². The number of hydrogen-bond donors (Lipinski definition) is 1. The molecule has 4 aromatic carbocycles. The highest BCUT2D eigenvalue weighted by molar-refractivity contribution is 7.15. The molecular formula is C49H41ClN8O7S. The summed E-state index contributed by atoms with van der Waals surface area (Å²) in [6.07, 6.45) is 1.10. The summed E-state index contributed by atoms with van der Waals surface area (Å²) in [5.41, 5.74) is 6.80. The van der Waals surface area contributed by atoms with E-state index in [1.165, 1.54) is 23.1 Å². The molecule has 2 aromatic heterocycles. The summed E-state index contributed by atoms with van der Waals surface area (Å²) in [6, 6.07) is 25.0. The van der Waals surface area contributed by atoms with Crippen LogP contribution < -0.4 is 10.1 Å². The normalized spacial score (nSPS) is 16.7. The van der Waals surface area contributed by atoms with Crippen LogP contribution in [0, 0.1) is 20.8 Å². The number of nitrogens with zero attached hydrogens (tertiary/aromatic N) is 7. The van der Waals surface area contributed by atoms with Crippen LogP contribution in [-0.2, 0) is 32.0 Å². The molecule has 1 N–H and O–H groups in total. The van der Waals surface area contributed by atoms with Crippen molar-refractivity contribution >= 4 is 75.2 Å². The molecule has 4 amide bonds. The fraction of sp³-hybridized carbons (Fsp3) is 0.245. The third-order valence-electron chi connectivity index (χ3n) is 11.8. The Bertz CT molecular complexity index is 3030. The van der Waals surface area contributed by atoms with Crippen LogP contribution in [0.1, 0.15) is 96.8 Å². The van der Waals surface area contributed by atoms with Crippen LogP contribution in [0.3, 0.4) is 0 Å². The summed E-state index contributed by atoms with van der Waals surface area (Å²) < 4.78 is 7.79. The van der Waals surface area contributed by atoms with Gasteiger partial charge in [0.25, 0.3) is 11.8 Å². The number of carbonyl (C=O) groups excluding carboxylic acids is 6. The number of azo groups is 1. The lowest BCUT2D eigenvalue weighted by Crippen LogP contribution is -2.54. The number of Topliss-reactive ketones (excluding diaryl/α,β-unsaturated/α-hetero) is 2. The Morgan fingerprint density at radius 2 is 1.53 bits per heavy atom. The first-order valence-electron chi connectivity index (χ1n) is 21.3. The summed E-state index contributed by atoms with van der Waals surface area (Å²) in [5, 5.41) is 21.4. The van der Waals surface area contributed by atoms with E-state index in [1.54, 1.807) is 35.6 Å². The van der Waals surface area contributed by atoms with Gasteiger partial charge in [-0.05, 0) is 98.8 Å². The lowest BCUT2D eigenvalue weighted by atomic mass is 9.99. The minimum absolute atomic E-state index is 0.00361. The van der Waals surface area contributed by atoms with Crippen molar-refractivity contribution in [1.82, 2.24) is 25.0 Å². The minimum atomic E-state index is -1.11. The second-order valence-electron chi connectivity index (χ2n) is 16.3. The molecule has 5 heterocycles. The van der Waals surface area contributed by atoms with Gasteiger partial charge in [-0.25, -0.2) is 0 Å². The highest BCUT2D eigenvalue weighted by atomic mass is 35.5. The molecule has 0 bridgehead atoms. The van der Waals surface area contributed by atoms with Crippen molar-refractivity contribution in [1.29, 1.82) is 0 Å². The zero-order chi connectivity index (χ0) is 46.2. The standard InChI is InChI=1S/C49H41ClN8O7S/c1-26-27(2)66-49-42(26)44(31-12-14-32(50)15-13-31)51-38(45-56-53-28(3)57(45)49)24-35(59)20-11-29-7-16-33(17-8-29)54-55-34-18-9-30(10-19-34)23-36(60)25-65-40-6-4-5-37-43(40)48(64)58(47(37)63)39-21-22-41(61)52-46(39)62/h4-10,12-19,38-39H,11,20-25H2,1-3H3,(H,52,61,62). The molecule has 66 heavy (non-hydrogen) atoms. The SMILES string of the molecule is Cc1sc2c(c1C)C(c1ccc(Cl)cc1)=NC(CC(=O)CCc1ccc(N=Nc3ccc(CC(=O)COc4cccc5c4C(=O)N(C4CCC(=O)NC4=O)C5=O)cc3)cc1)c1nnc(C)n1-2. The zero-order valence-corrected chi connectivity index (χ0v) is 37.6. The van der Waals surface area contributed by atoms with Crippen LogP contribution in [0.25, 0.3) is 5.00 Å². The molecule has 332 valence electrons. The molecule has 15 nitrogen and oxygen atoms in total. The van der Waals surface area contributed by atoms with Gasteiger partial charge in [-0.1, -0.05) is 54.1 Å². The number of imide groups is 2. The van der Waals surface area contributed by atoms with Gasteiger partial charge >= 0.3 is 0 Å². The van der Waals surface area contributed by atoms with Crippen molar-refractivity contribution in [2.45, 2.75) is 71.4 Å². The number of halogens is 1. The highest BCUT2D eigenvalue weighted by Gasteiger charge is 2.46. The predicted molar refractivity (Wildman–Crippen MR) is 246 cm³/mol. The summed E-state index contributed by atoms with van der Waals surface area (Å²) >= 11 is 7.92. The van der Waals surface area contributed by atoms with E-state index in [9.17, 15) is 28.8 Å². The molecule has 1 fully saturated rings. The lowest BCUT2D eigenvalue weighted by Gasteiger charge is -2.27. The van der Waals surface area contributed by atoms with Gasteiger partial charge in [-0.3, -0.25) is 48.5 Å². The third-order valence-corrected chi connectivity index (χ3v) is 13.3. The Labute approximate surface area is 387 Å². The molecule has 3 aliphatic rings. The van der Waals surface area contributed by atoms with Gasteiger partial charge in [0.05, 0.1) is 28.2 Å². The number of aryl methyl sites for hydroxylation is 3. The fourth-order valence-corrected chi connectivity index (χ4v) is 9.64. The number of amides is 4. The van der Waals surface area contributed by atoms with E-state index in [0.29, 0.717) is 40.6 Å². The predicted octanol–water partition coefficient (Wildman–Crippen LogP) is 8.40. The van der Waals surface area contributed by atoms with Gasteiger partial charge in [0.1, 0.15) is 41.0 Å². The molecule has 9 rings (SSSR count). The molecule has 0 saturated carbocycles. The first-order valence-corrected chi connectivity index (χ1v) is 22.5. The van der Waals surface area contributed by atoms with E-state index in [0.717, 1.165) is 43.7 Å². The highest BCUT2D eigenvalue weighted by Crippen LogP contribution is 2.40. The number of ketones is 2. The second-order valence-corrected chi connectivity index (χ2v) is 17.9. The Balaban J connectivity index is 0.780. The molecule has 3 aliphatic heterocycles. The maximum atomic E-state index is 13.6. The van der Waals surface area contributed by atoms with E-state index < -0.39 is 35.7 Å². The number of aromatic nitrogens is 3. The van der Waals surface area contributed by atoms with Gasteiger partial charge in [0, 0.05) is 46.7 Å². The molecule has 0 aliphatic carbocycles. The largest absolute Gasteiger partial charge is 0.485 e. The van der Waals surface area contributed by atoms with E-state index in [2.05, 4.69) is 39.6 Å². The Morgan fingerprint density at radius 1 is 0.833 bits per heavy atom. The van der Waals surface area contributed by atoms with Gasteiger partial charge in [0.2, 0.25) is 11.8 Å². The van der Waals surface area contributed by atoms with Gasteiger partial charge in [-0.2, -0.15) is 10.2 Å². The maximum Gasteiger partial charge on any atom is 0.266 e. The molecular weight excluding hydrogens is 880 g/mol. The number of rotatable bonds is 14. The number of thiophene rings is 1. The van der Waals surface area contributed by atoms with Crippen LogP contribution >= 0.6 is 22.9 Å². The Morgan fingerprint density at radius 3 is 2.23 bits per heavy atom. The smallest absolute Gasteiger partial charge is 0.266 e. The molecule has 17 heteroatoms. The maximum absolute atomic E-state index is 13.6. The first-order chi connectivity index (χ1) is 31.8. The molecule has 1 saturated heterocycles. The van der Waals surface area contributed by atoms with Crippen molar-refractivity contribution in [3.8, 4) is 10.8 Å².